The molecule has 1 fully saturated rings. The van der Waals surface area contributed by atoms with Crippen LogP contribution in [-0.2, 0) is 0 Å². The zero-order valence-corrected chi connectivity index (χ0v) is 10.6. The highest BCUT2D eigenvalue weighted by molar-refractivity contribution is 5.90. The number of primary amides is 1. The molecule has 1 aliphatic rings. The van der Waals surface area contributed by atoms with Crippen LogP contribution in [0.3, 0.4) is 0 Å². The third-order valence-corrected chi connectivity index (χ3v) is 3.82. The summed E-state index contributed by atoms with van der Waals surface area (Å²) in [7, 11) is 0. The van der Waals surface area contributed by atoms with E-state index in [0.717, 1.165) is 31.6 Å². The molecule has 1 aromatic heterocycles. The summed E-state index contributed by atoms with van der Waals surface area (Å²) in [5.41, 5.74) is 5.54. The zero-order valence-electron chi connectivity index (χ0n) is 10.6. The van der Waals surface area contributed by atoms with Gasteiger partial charge in [-0.2, -0.15) is 5.10 Å². The van der Waals surface area contributed by atoms with Crippen LogP contribution < -0.4 is 5.73 Å². The topological polar surface area (TPSA) is 81.1 Å². The average molecular weight is 251 g/mol. The molecule has 3 N–H and O–H groups in total. The number of carbonyl (C=O) groups is 1. The van der Waals surface area contributed by atoms with Crippen molar-refractivity contribution in [2.45, 2.75) is 44.6 Å². The summed E-state index contributed by atoms with van der Waals surface area (Å²) in [6, 6.07) is 2.07. The predicted octanol–water partition coefficient (Wildman–Crippen LogP) is 1.49. The third-order valence-electron chi connectivity index (χ3n) is 3.82. The fraction of sp³-hybridized carbons (Fsp3) is 0.692. The van der Waals surface area contributed by atoms with Gasteiger partial charge in [0.1, 0.15) is 5.69 Å². The summed E-state index contributed by atoms with van der Waals surface area (Å²) in [5.74, 6) is 0.268. The minimum atomic E-state index is -0.467. The van der Waals surface area contributed by atoms with E-state index in [1.807, 2.05) is 10.9 Å². The molecule has 2 rings (SSSR count). The number of hydrogen-bond donors (Lipinski definition) is 2. The highest BCUT2D eigenvalue weighted by atomic mass is 16.2. The van der Waals surface area contributed by atoms with Crippen LogP contribution in [0.1, 0.15) is 55.1 Å². The number of nitrogens with two attached hydrogens (primary N) is 1. The smallest absolute Gasteiger partial charge is 0.269 e. The summed E-state index contributed by atoms with van der Waals surface area (Å²) in [6.45, 7) is 0.293. The van der Waals surface area contributed by atoms with Gasteiger partial charge in [-0.05, 0) is 50.5 Å². The Hall–Kier alpha value is -1.36. The van der Waals surface area contributed by atoms with Gasteiger partial charge in [0.15, 0.2) is 0 Å². The summed E-state index contributed by atoms with van der Waals surface area (Å²) in [6.07, 6.45) is 8.41. The molecule has 0 unspecified atom stereocenters. The second-order valence-corrected chi connectivity index (χ2v) is 5.09. The van der Waals surface area contributed by atoms with Gasteiger partial charge in [0.05, 0.1) is 6.04 Å². The van der Waals surface area contributed by atoms with Crippen molar-refractivity contribution in [1.82, 2.24) is 9.78 Å². The van der Waals surface area contributed by atoms with Crippen LogP contribution in [-0.4, -0.2) is 27.4 Å². The summed E-state index contributed by atoms with van der Waals surface area (Å²) in [5, 5.41) is 13.0. The minimum absolute atomic E-state index is 0.293. The molecular formula is C13H21N3O2. The van der Waals surface area contributed by atoms with Gasteiger partial charge in [-0.15, -0.1) is 0 Å². The summed E-state index contributed by atoms with van der Waals surface area (Å²) < 4.78 is 1.88. The predicted molar refractivity (Wildman–Crippen MR) is 68.1 cm³/mol. The molecule has 18 heavy (non-hydrogen) atoms. The van der Waals surface area contributed by atoms with Gasteiger partial charge in [-0.25, -0.2) is 0 Å². The quantitative estimate of drug-likeness (QED) is 0.831. The van der Waals surface area contributed by atoms with Crippen molar-refractivity contribution in [3.63, 3.8) is 0 Å². The van der Waals surface area contributed by atoms with Gasteiger partial charge in [0.25, 0.3) is 5.91 Å². The Balaban J connectivity index is 1.86. The first kappa shape index (κ1) is 13.1. The molecule has 0 spiro atoms. The number of aliphatic hydroxyl groups is 1. The number of rotatable bonds is 5. The van der Waals surface area contributed by atoms with E-state index in [-0.39, 0.29) is 0 Å². The zero-order chi connectivity index (χ0) is 13.0. The fourth-order valence-corrected chi connectivity index (χ4v) is 2.75. The van der Waals surface area contributed by atoms with E-state index in [2.05, 4.69) is 5.10 Å². The number of hydrogen-bond acceptors (Lipinski definition) is 3. The molecule has 0 atom stereocenters. The monoisotopic (exact) mass is 251 g/mol. The van der Waals surface area contributed by atoms with Crippen molar-refractivity contribution < 1.29 is 9.90 Å². The Labute approximate surface area is 107 Å². The largest absolute Gasteiger partial charge is 0.396 e. The van der Waals surface area contributed by atoms with E-state index in [9.17, 15) is 4.79 Å². The molecule has 0 bridgehead atoms. The van der Waals surface area contributed by atoms with Crippen molar-refractivity contribution in [2.24, 2.45) is 11.7 Å². The van der Waals surface area contributed by atoms with Crippen molar-refractivity contribution in [3.05, 3.63) is 18.0 Å². The molecule has 1 aliphatic carbocycles. The summed E-state index contributed by atoms with van der Waals surface area (Å²) in [4.78, 5) is 11.0. The van der Waals surface area contributed by atoms with Gasteiger partial charge >= 0.3 is 0 Å². The van der Waals surface area contributed by atoms with Crippen LogP contribution in [0, 0.1) is 5.92 Å². The lowest BCUT2D eigenvalue weighted by Crippen LogP contribution is -2.20. The third kappa shape index (κ3) is 3.10. The van der Waals surface area contributed by atoms with Crippen molar-refractivity contribution in [2.75, 3.05) is 6.61 Å². The maximum atomic E-state index is 11.0. The van der Waals surface area contributed by atoms with E-state index in [0.29, 0.717) is 18.3 Å². The van der Waals surface area contributed by atoms with Crippen LogP contribution in [0.5, 0.6) is 0 Å². The van der Waals surface area contributed by atoms with Gasteiger partial charge in [0.2, 0.25) is 0 Å². The Morgan fingerprint density at radius 1 is 1.44 bits per heavy atom. The first-order valence-electron chi connectivity index (χ1n) is 6.66. The molecule has 0 aliphatic heterocycles. The lowest BCUT2D eigenvalue weighted by molar-refractivity contribution is 0.0994. The Morgan fingerprint density at radius 3 is 2.72 bits per heavy atom. The molecule has 0 aromatic carbocycles. The van der Waals surface area contributed by atoms with Crippen LogP contribution in [0.4, 0.5) is 0 Å². The highest BCUT2D eigenvalue weighted by Gasteiger charge is 2.22. The van der Waals surface area contributed by atoms with E-state index in [1.165, 1.54) is 12.8 Å². The van der Waals surface area contributed by atoms with Crippen LogP contribution in [0.15, 0.2) is 12.3 Å². The van der Waals surface area contributed by atoms with E-state index >= 15 is 0 Å². The van der Waals surface area contributed by atoms with E-state index < -0.39 is 5.91 Å². The van der Waals surface area contributed by atoms with Crippen LogP contribution in [0.25, 0.3) is 0 Å². The van der Waals surface area contributed by atoms with Gasteiger partial charge in [-0.3, -0.25) is 9.48 Å². The number of amides is 1. The Bertz CT molecular complexity index is 395. The minimum Gasteiger partial charge on any atom is -0.396 e. The first-order valence-corrected chi connectivity index (χ1v) is 6.66. The molecule has 0 radical (unpaired) electrons. The van der Waals surface area contributed by atoms with Crippen molar-refractivity contribution in [3.8, 4) is 0 Å². The van der Waals surface area contributed by atoms with Crippen molar-refractivity contribution in [1.29, 1.82) is 0 Å². The van der Waals surface area contributed by atoms with Gasteiger partial charge in [0, 0.05) is 12.8 Å². The standard InChI is InChI=1S/C13H21N3O2/c14-13(18)12-7-8-16(15-12)11-5-3-10(4-6-11)2-1-9-17/h7-8,10-11,17H,1-6,9H2,(H2,14,18). The number of nitrogens with zero attached hydrogens (tertiary/aromatic N) is 2. The maximum Gasteiger partial charge on any atom is 0.269 e. The van der Waals surface area contributed by atoms with E-state index in [4.69, 9.17) is 10.8 Å². The molecular weight excluding hydrogens is 230 g/mol. The molecule has 5 nitrogen and oxygen atoms in total. The van der Waals surface area contributed by atoms with E-state index in [1.54, 1.807) is 6.07 Å². The molecule has 1 aromatic rings. The van der Waals surface area contributed by atoms with Crippen LogP contribution in [0.2, 0.25) is 0 Å². The fourth-order valence-electron chi connectivity index (χ4n) is 2.75. The number of aliphatic hydroxyl groups excluding tert-OH is 1. The molecule has 100 valence electrons. The normalized spacial score (nSPS) is 24.1. The van der Waals surface area contributed by atoms with Gasteiger partial charge in [-0.1, -0.05) is 0 Å². The molecule has 1 amide bonds. The molecule has 1 saturated carbocycles. The number of carbonyl (C=O) groups excluding carboxylic acids is 1. The summed E-state index contributed by atoms with van der Waals surface area (Å²) >= 11 is 0. The molecule has 5 heteroatoms. The second-order valence-electron chi connectivity index (χ2n) is 5.09. The molecule has 0 saturated heterocycles. The molecule has 1 heterocycles. The Morgan fingerprint density at radius 2 is 2.17 bits per heavy atom. The lowest BCUT2D eigenvalue weighted by atomic mass is 9.83. The Kier molecular flexibility index (Phi) is 4.36. The van der Waals surface area contributed by atoms with Crippen LogP contribution >= 0.6 is 0 Å². The first-order chi connectivity index (χ1) is 8.70. The lowest BCUT2D eigenvalue weighted by Gasteiger charge is -2.28. The maximum absolute atomic E-state index is 11.0. The number of aromatic nitrogens is 2. The van der Waals surface area contributed by atoms with Gasteiger partial charge < -0.3 is 10.8 Å². The highest BCUT2D eigenvalue weighted by Crippen LogP contribution is 2.33. The average Bonchev–Trinajstić information content (AvgIpc) is 2.87. The van der Waals surface area contributed by atoms with Crippen molar-refractivity contribution >= 4 is 5.91 Å². The second kappa shape index (κ2) is 6.00. The SMILES string of the molecule is NC(=O)c1ccn(C2CCC(CCCO)CC2)n1.